The van der Waals surface area contributed by atoms with Crippen LogP contribution in [0.5, 0.6) is 11.5 Å². The molecule has 1 aliphatic heterocycles. The van der Waals surface area contributed by atoms with Crippen molar-refractivity contribution in [3.63, 3.8) is 0 Å². The lowest BCUT2D eigenvalue weighted by atomic mass is 10.00. The van der Waals surface area contributed by atoms with E-state index in [1.807, 2.05) is 0 Å². The van der Waals surface area contributed by atoms with Gasteiger partial charge in [0.25, 0.3) is 0 Å². The molecule has 2 heterocycles. The van der Waals surface area contributed by atoms with Crippen LogP contribution in [0.15, 0.2) is 12.3 Å². The predicted molar refractivity (Wildman–Crippen MR) is 119 cm³/mol. The summed E-state index contributed by atoms with van der Waals surface area (Å²) in [6.07, 6.45) is -1.72. The molecular weight excluding hydrogens is 573 g/mol. The van der Waals surface area contributed by atoms with E-state index in [2.05, 4.69) is 10.3 Å². The summed E-state index contributed by atoms with van der Waals surface area (Å²) < 4.78 is 37.5. The van der Waals surface area contributed by atoms with Crippen LogP contribution in [0.25, 0.3) is 0 Å². The van der Waals surface area contributed by atoms with Crippen LogP contribution in [0.2, 0.25) is 10.0 Å². The van der Waals surface area contributed by atoms with Crippen molar-refractivity contribution in [3.05, 3.63) is 48.3 Å². The summed E-state index contributed by atoms with van der Waals surface area (Å²) in [7, 11) is 0. The summed E-state index contributed by atoms with van der Waals surface area (Å²) in [6.45, 7) is 1.37. The SMILES string of the molecule is NC(=O)CCCc1ncc(C(F)(F)F)cc1I.Oc1c(O)c(Cl)c2c(c1Cl)CCNC2. The van der Waals surface area contributed by atoms with Crippen molar-refractivity contribution in [1.82, 2.24) is 10.3 Å². The van der Waals surface area contributed by atoms with Gasteiger partial charge in [-0.15, -0.1) is 0 Å². The Kier molecular flexibility index (Phi) is 9.04. The molecule has 0 spiro atoms. The van der Waals surface area contributed by atoms with Gasteiger partial charge in [0.05, 0.1) is 21.3 Å². The molecule has 0 unspecified atom stereocenters. The van der Waals surface area contributed by atoms with E-state index in [0.29, 0.717) is 35.1 Å². The van der Waals surface area contributed by atoms with Gasteiger partial charge in [-0.1, -0.05) is 23.2 Å². The van der Waals surface area contributed by atoms with Gasteiger partial charge in [0, 0.05) is 22.7 Å². The van der Waals surface area contributed by atoms with Crippen molar-refractivity contribution >= 4 is 51.7 Å². The Morgan fingerprint density at radius 2 is 1.84 bits per heavy atom. The number of carbonyl (C=O) groups excluding carboxylic acids is 1. The number of amides is 1. The second-order valence-corrected chi connectivity index (χ2v) is 8.60. The van der Waals surface area contributed by atoms with Crippen LogP contribution in [-0.4, -0.2) is 27.6 Å². The summed E-state index contributed by atoms with van der Waals surface area (Å²) in [6, 6.07) is 1.05. The lowest BCUT2D eigenvalue weighted by molar-refractivity contribution is -0.137. The van der Waals surface area contributed by atoms with Gasteiger partial charge in [-0.25, -0.2) is 0 Å². The lowest BCUT2D eigenvalue weighted by Crippen LogP contribution is -2.24. The number of benzene rings is 1. The van der Waals surface area contributed by atoms with Crippen LogP contribution >= 0.6 is 45.8 Å². The number of nitrogens with one attached hydrogen (secondary N) is 1. The number of hydrogen-bond acceptors (Lipinski definition) is 5. The molecule has 31 heavy (non-hydrogen) atoms. The predicted octanol–water partition coefficient (Wildman–Crippen LogP) is 4.56. The highest BCUT2D eigenvalue weighted by atomic mass is 127. The van der Waals surface area contributed by atoms with Crippen molar-refractivity contribution in [2.45, 2.75) is 38.4 Å². The summed E-state index contributed by atoms with van der Waals surface area (Å²) in [4.78, 5) is 14.3. The van der Waals surface area contributed by atoms with Crippen LogP contribution in [0, 0.1) is 3.57 Å². The number of phenolic OH excluding ortho intramolecular Hbond substituents is 2. The van der Waals surface area contributed by atoms with Crippen molar-refractivity contribution in [2.75, 3.05) is 6.54 Å². The molecule has 0 fully saturated rings. The quantitative estimate of drug-likeness (QED) is 0.308. The second-order valence-electron chi connectivity index (χ2n) is 6.68. The first-order valence-electron chi connectivity index (χ1n) is 9.04. The van der Waals surface area contributed by atoms with E-state index < -0.39 is 17.6 Å². The maximum absolute atomic E-state index is 12.4. The van der Waals surface area contributed by atoms with Gasteiger partial charge >= 0.3 is 6.18 Å². The van der Waals surface area contributed by atoms with Crippen LogP contribution in [0.4, 0.5) is 13.2 Å². The zero-order valence-corrected chi connectivity index (χ0v) is 19.7. The molecule has 2 aromatic rings. The van der Waals surface area contributed by atoms with E-state index in [4.69, 9.17) is 28.9 Å². The molecular formula is C19H19Cl2F3IN3O3. The maximum Gasteiger partial charge on any atom is 0.417 e. The highest BCUT2D eigenvalue weighted by Gasteiger charge is 2.31. The number of nitrogens with zero attached hydrogens (tertiary/aromatic N) is 1. The molecule has 5 N–H and O–H groups in total. The Balaban J connectivity index is 0.000000224. The molecule has 170 valence electrons. The first-order chi connectivity index (χ1) is 14.4. The molecule has 12 heteroatoms. The van der Waals surface area contributed by atoms with Crippen LogP contribution in [-0.2, 0) is 30.4 Å². The van der Waals surface area contributed by atoms with E-state index in [-0.39, 0.29) is 28.0 Å². The smallest absolute Gasteiger partial charge is 0.417 e. The standard InChI is InChI=1S/C10H10F3IN2O.C9H9Cl2NO2/c11-10(12,13)6-4-7(14)8(16-5-6)2-1-3-9(15)17;10-6-4-1-2-12-3-5(4)7(11)9(14)8(6)13/h4-5H,1-3H2,(H2,15,17);12-14H,1-3H2. The number of rotatable bonds is 4. The topological polar surface area (TPSA) is 108 Å². The third-order valence-corrected chi connectivity index (χ3v) is 6.22. The average molecular weight is 592 g/mol. The minimum absolute atomic E-state index is 0.189. The third-order valence-electron chi connectivity index (χ3n) is 4.47. The van der Waals surface area contributed by atoms with Crippen molar-refractivity contribution in [3.8, 4) is 11.5 Å². The first-order valence-corrected chi connectivity index (χ1v) is 10.9. The van der Waals surface area contributed by atoms with Gasteiger partial charge in [-0.2, -0.15) is 13.2 Å². The zero-order valence-electron chi connectivity index (χ0n) is 16.0. The van der Waals surface area contributed by atoms with E-state index in [9.17, 15) is 28.2 Å². The molecule has 0 aliphatic carbocycles. The highest BCUT2D eigenvalue weighted by molar-refractivity contribution is 14.1. The number of aromatic nitrogens is 1. The molecule has 1 aliphatic rings. The van der Waals surface area contributed by atoms with Gasteiger partial charge in [-0.05, 0) is 65.6 Å². The third kappa shape index (κ3) is 6.74. The second kappa shape index (κ2) is 10.9. The number of phenols is 2. The van der Waals surface area contributed by atoms with Crippen LogP contribution in [0.3, 0.4) is 0 Å². The molecule has 0 saturated heterocycles. The molecule has 0 bridgehead atoms. The molecule has 1 aromatic heterocycles. The molecule has 0 radical (unpaired) electrons. The molecule has 0 saturated carbocycles. The summed E-state index contributed by atoms with van der Waals surface area (Å²) in [5.41, 5.74) is 6.36. The minimum atomic E-state index is -4.38. The van der Waals surface area contributed by atoms with Crippen molar-refractivity contribution in [2.24, 2.45) is 5.73 Å². The number of primary amides is 1. The number of nitrogens with two attached hydrogens (primary N) is 1. The van der Waals surface area contributed by atoms with E-state index in [1.165, 1.54) is 0 Å². The summed E-state index contributed by atoms with van der Waals surface area (Å²) in [5, 5.41) is 22.4. The van der Waals surface area contributed by atoms with Gasteiger partial charge in [0.15, 0.2) is 11.5 Å². The van der Waals surface area contributed by atoms with Gasteiger partial charge in [-0.3, -0.25) is 9.78 Å². The molecule has 3 rings (SSSR count). The Morgan fingerprint density at radius 3 is 2.39 bits per heavy atom. The molecule has 6 nitrogen and oxygen atoms in total. The lowest BCUT2D eigenvalue weighted by Gasteiger charge is -2.21. The minimum Gasteiger partial charge on any atom is -0.503 e. The van der Waals surface area contributed by atoms with Gasteiger partial charge in [0.2, 0.25) is 5.91 Å². The largest absolute Gasteiger partial charge is 0.503 e. The number of carbonyl (C=O) groups is 1. The first kappa shape index (κ1) is 25.8. The van der Waals surface area contributed by atoms with Gasteiger partial charge < -0.3 is 21.3 Å². The van der Waals surface area contributed by atoms with Crippen molar-refractivity contribution < 1.29 is 28.2 Å². The fourth-order valence-electron chi connectivity index (χ4n) is 2.87. The average Bonchev–Trinajstić information content (AvgIpc) is 2.71. The Labute approximate surface area is 200 Å². The maximum atomic E-state index is 12.4. The Bertz CT molecular complexity index is 938. The van der Waals surface area contributed by atoms with Crippen molar-refractivity contribution in [1.29, 1.82) is 0 Å². The summed E-state index contributed by atoms with van der Waals surface area (Å²) >= 11 is 13.6. The highest BCUT2D eigenvalue weighted by Crippen LogP contribution is 2.45. The fraction of sp³-hybridized carbons (Fsp3) is 0.368. The number of alkyl halides is 3. The number of halogens is 6. The Hall–Kier alpha value is -1.50. The van der Waals surface area contributed by atoms with Crippen LogP contribution in [0.1, 0.15) is 35.2 Å². The number of hydrogen-bond donors (Lipinski definition) is 4. The molecule has 1 amide bonds. The molecule has 1 aromatic carbocycles. The number of aryl methyl sites for hydroxylation is 1. The van der Waals surface area contributed by atoms with E-state index in [1.54, 1.807) is 22.6 Å². The Morgan fingerprint density at radius 1 is 1.23 bits per heavy atom. The van der Waals surface area contributed by atoms with E-state index >= 15 is 0 Å². The van der Waals surface area contributed by atoms with E-state index in [0.717, 1.165) is 29.9 Å². The normalized spacial score (nSPS) is 13.2. The number of aromatic hydroxyl groups is 2. The summed E-state index contributed by atoms with van der Waals surface area (Å²) in [5.74, 6) is -1.08. The number of pyridine rings is 1. The number of fused-ring (bicyclic) bond motifs is 1. The molecule has 0 atom stereocenters. The van der Waals surface area contributed by atoms with Crippen LogP contribution < -0.4 is 11.1 Å². The van der Waals surface area contributed by atoms with Gasteiger partial charge in [0.1, 0.15) is 0 Å². The zero-order chi connectivity index (χ0) is 23.3. The monoisotopic (exact) mass is 591 g/mol. The fourth-order valence-corrected chi connectivity index (χ4v) is 4.18.